The molecule has 3 N–H and O–H groups in total. The van der Waals surface area contributed by atoms with E-state index in [0.717, 1.165) is 16.5 Å². The topological polar surface area (TPSA) is 95.5 Å². The number of carboxylic acid groups (broad SMARTS) is 1. The minimum absolute atomic E-state index is 0.0514. The van der Waals surface area contributed by atoms with E-state index in [1.165, 1.54) is 18.7 Å². The van der Waals surface area contributed by atoms with Crippen LogP contribution in [-0.2, 0) is 14.4 Å². The zero-order valence-electron chi connectivity index (χ0n) is 16.2. The van der Waals surface area contributed by atoms with Crippen LogP contribution in [-0.4, -0.2) is 28.1 Å². The van der Waals surface area contributed by atoms with E-state index in [-0.39, 0.29) is 16.7 Å². The predicted molar refractivity (Wildman–Crippen MR) is 117 cm³/mol. The first-order valence-electron chi connectivity index (χ1n) is 8.72. The molecular weight excluding hydrogens is 412 g/mol. The van der Waals surface area contributed by atoms with Gasteiger partial charge in [-0.15, -0.1) is 11.8 Å². The Balaban J connectivity index is 1.95. The second kappa shape index (κ2) is 10.1. The molecule has 0 fully saturated rings. The number of hydrogen-bond acceptors (Lipinski definition) is 4. The molecule has 0 spiro atoms. The number of halogens is 1. The highest BCUT2D eigenvalue weighted by Gasteiger charge is 2.16. The number of benzene rings is 2. The molecule has 2 amide bonds. The van der Waals surface area contributed by atoms with Crippen LogP contribution < -0.4 is 10.6 Å². The Labute approximate surface area is 178 Å². The van der Waals surface area contributed by atoms with Crippen LogP contribution in [0.25, 0.3) is 0 Å². The van der Waals surface area contributed by atoms with Crippen molar-refractivity contribution in [2.75, 3.05) is 10.6 Å². The quantitative estimate of drug-likeness (QED) is 0.434. The molecule has 0 bridgehead atoms. The zero-order valence-corrected chi connectivity index (χ0v) is 17.7. The molecule has 2 rings (SSSR count). The maximum absolute atomic E-state index is 12.5. The van der Waals surface area contributed by atoms with E-state index in [0.29, 0.717) is 16.4 Å². The third-order valence-corrected chi connectivity index (χ3v) is 5.54. The van der Waals surface area contributed by atoms with Crippen molar-refractivity contribution in [3.63, 3.8) is 0 Å². The summed E-state index contributed by atoms with van der Waals surface area (Å²) in [6.45, 7) is 4.99. The van der Waals surface area contributed by atoms with Crippen molar-refractivity contribution in [3.8, 4) is 0 Å². The average molecular weight is 433 g/mol. The molecule has 6 nitrogen and oxygen atoms in total. The molecular formula is C21H21ClN2O4S. The van der Waals surface area contributed by atoms with Crippen molar-refractivity contribution in [1.82, 2.24) is 0 Å². The van der Waals surface area contributed by atoms with Gasteiger partial charge in [-0.1, -0.05) is 17.7 Å². The van der Waals surface area contributed by atoms with Crippen LogP contribution in [0.1, 0.15) is 19.4 Å². The summed E-state index contributed by atoms with van der Waals surface area (Å²) in [5.41, 5.74) is 1.97. The standard InChI is InChI=1S/C21H21ClN2O4S/c1-12(21(27)28)11-19(25)23-15-7-9-16(10-8-15)29-14(3)20(26)24-18-6-4-5-17(22)13(18)2/h4-11,14H,1-3H3,(H,23,25)(H,24,26)(H,27,28)/b12-11-/t14-/m1/s1. The zero-order chi connectivity index (χ0) is 21.6. The molecule has 152 valence electrons. The summed E-state index contributed by atoms with van der Waals surface area (Å²) in [7, 11) is 0. The number of carboxylic acids is 1. The van der Waals surface area contributed by atoms with Crippen LogP contribution in [0, 0.1) is 6.92 Å². The normalized spacial score (nSPS) is 12.2. The maximum Gasteiger partial charge on any atom is 0.331 e. The number of amides is 2. The van der Waals surface area contributed by atoms with Gasteiger partial charge < -0.3 is 15.7 Å². The summed E-state index contributed by atoms with van der Waals surface area (Å²) in [5, 5.41) is 14.5. The lowest BCUT2D eigenvalue weighted by molar-refractivity contribution is -0.132. The smallest absolute Gasteiger partial charge is 0.331 e. The molecule has 0 heterocycles. The Hall–Kier alpha value is -2.77. The molecule has 0 unspecified atom stereocenters. The van der Waals surface area contributed by atoms with E-state index < -0.39 is 11.9 Å². The summed E-state index contributed by atoms with van der Waals surface area (Å²) in [4.78, 5) is 35.9. The fourth-order valence-corrected chi connectivity index (χ4v) is 3.33. The van der Waals surface area contributed by atoms with E-state index in [9.17, 15) is 14.4 Å². The first-order valence-corrected chi connectivity index (χ1v) is 9.98. The molecule has 0 saturated carbocycles. The summed E-state index contributed by atoms with van der Waals surface area (Å²) in [6.07, 6.45) is 1.02. The van der Waals surface area contributed by atoms with E-state index in [1.807, 2.05) is 6.92 Å². The third kappa shape index (κ3) is 6.66. The van der Waals surface area contributed by atoms with Crippen molar-refractivity contribution >= 4 is 52.5 Å². The third-order valence-electron chi connectivity index (χ3n) is 4.01. The minimum Gasteiger partial charge on any atom is -0.478 e. The fourth-order valence-electron chi connectivity index (χ4n) is 2.29. The summed E-state index contributed by atoms with van der Waals surface area (Å²) < 4.78 is 0. The molecule has 0 aromatic heterocycles. The lowest BCUT2D eigenvalue weighted by Crippen LogP contribution is -2.22. The van der Waals surface area contributed by atoms with E-state index >= 15 is 0 Å². The van der Waals surface area contributed by atoms with Crippen molar-refractivity contribution in [1.29, 1.82) is 0 Å². The Kier molecular flexibility index (Phi) is 7.87. The number of thioether (sulfide) groups is 1. The van der Waals surface area contributed by atoms with Gasteiger partial charge in [-0.25, -0.2) is 4.79 Å². The number of carbonyl (C=O) groups is 3. The summed E-state index contributed by atoms with van der Waals surface area (Å²) in [5.74, 6) is -1.81. The van der Waals surface area contributed by atoms with E-state index in [4.69, 9.17) is 16.7 Å². The van der Waals surface area contributed by atoms with Gasteiger partial charge in [-0.3, -0.25) is 9.59 Å². The van der Waals surface area contributed by atoms with Gasteiger partial charge in [-0.2, -0.15) is 0 Å². The number of aliphatic carboxylic acids is 1. The summed E-state index contributed by atoms with van der Waals surface area (Å²) in [6, 6.07) is 12.3. The van der Waals surface area contributed by atoms with Gasteiger partial charge in [0, 0.05) is 32.9 Å². The highest BCUT2D eigenvalue weighted by atomic mass is 35.5. The van der Waals surface area contributed by atoms with Gasteiger partial charge in [0.05, 0.1) is 5.25 Å². The Bertz CT molecular complexity index is 958. The molecule has 29 heavy (non-hydrogen) atoms. The Morgan fingerprint density at radius 2 is 1.76 bits per heavy atom. The monoisotopic (exact) mass is 432 g/mol. The van der Waals surface area contributed by atoms with Gasteiger partial charge in [0.15, 0.2) is 0 Å². The van der Waals surface area contributed by atoms with E-state index in [2.05, 4.69) is 10.6 Å². The SMILES string of the molecule is C/C(=C/C(=O)Nc1ccc(S[C@H](C)C(=O)Nc2cccc(Cl)c2C)cc1)C(=O)O. The molecule has 2 aromatic carbocycles. The highest BCUT2D eigenvalue weighted by Crippen LogP contribution is 2.27. The molecule has 0 aliphatic carbocycles. The Morgan fingerprint density at radius 1 is 1.10 bits per heavy atom. The lowest BCUT2D eigenvalue weighted by Gasteiger charge is -2.14. The van der Waals surface area contributed by atoms with Crippen LogP contribution in [0.5, 0.6) is 0 Å². The van der Waals surface area contributed by atoms with Crippen LogP contribution in [0.2, 0.25) is 5.02 Å². The number of nitrogens with one attached hydrogen (secondary N) is 2. The maximum atomic E-state index is 12.5. The van der Waals surface area contributed by atoms with Gasteiger partial charge in [0.1, 0.15) is 0 Å². The molecule has 1 atom stereocenters. The van der Waals surface area contributed by atoms with E-state index in [1.54, 1.807) is 49.4 Å². The van der Waals surface area contributed by atoms with Gasteiger partial charge in [-0.05, 0) is 62.7 Å². The molecule has 0 saturated heterocycles. The predicted octanol–water partition coefficient (Wildman–Crippen LogP) is 4.74. The summed E-state index contributed by atoms with van der Waals surface area (Å²) >= 11 is 7.46. The van der Waals surface area contributed by atoms with Crippen molar-refractivity contribution in [3.05, 3.63) is 64.7 Å². The van der Waals surface area contributed by atoms with Crippen molar-refractivity contribution in [2.45, 2.75) is 30.9 Å². The molecule has 8 heteroatoms. The number of anilines is 2. The van der Waals surface area contributed by atoms with Crippen molar-refractivity contribution in [2.24, 2.45) is 0 Å². The second-order valence-electron chi connectivity index (χ2n) is 6.31. The van der Waals surface area contributed by atoms with Crippen LogP contribution in [0.15, 0.2) is 59.0 Å². The van der Waals surface area contributed by atoms with Crippen LogP contribution in [0.3, 0.4) is 0 Å². The average Bonchev–Trinajstić information content (AvgIpc) is 2.66. The number of rotatable bonds is 7. The lowest BCUT2D eigenvalue weighted by atomic mass is 10.2. The number of hydrogen-bond donors (Lipinski definition) is 3. The molecule has 2 aromatic rings. The van der Waals surface area contributed by atoms with Crippen LogP contribution in [0.4, 0.5) is 11.4 Å². The number of carbonyl (C=O) groups excluding carboxylic acids is 2. The fraction of sp³-hybridized carbons (Fsp3) is 0.190. The highest BCUT2D eigenvalue weighted by molar-refractivity contribution is 8.00. The van der Waals surface area contributed by atoms with Gasteiger partial charge in [0.25, 0.3) is 0 Å². The molecule has 0 radical (unpaired) electrons. The molecule has 0 aliphatic rings. The second-order valence-corrected chi connectivity index (χ2v) is 8.13. The van der Waals surface area contributed by atoms with Gasteiger partial charge >= 0.3 is 5.97 Å². The van der Waals surface area contributed by atoms with Crippen molar-refractivity contribution < 1.29 is 19.5 Å². The first kappa shape index (κ1) is 22.5. The largest absolute Gasteiger partial charge is 0.478 e. The van der Waals surface area contributed by atoms with Gasteiger partial charge in [0.2, 0.25) is 11.8 Å². The minimum atomic E-state index is -1.15. The molecule has 0 aliphatic heterocycles. The Morgan fingerprint density at radius 3 is 2.38 bits per heavy atom. The van der Waals surface area contributed by atoms with Crippen LogP contribution >= 0.6 is 23.4 Å². The first-order chi connectivity index (χ1) is 13.7.